The fraction of sp³-hybridized carbons (Fsp3) is 0.905. The first-order valence-electron chi connectivity index (χ1n) is 11.1. The van der Waals surface area contributed by atoms with Gasteiger partial charge in [-0.2, -0.15) is 0 Å². The summed E-state index contributed by atoms with van der Waals surface area (Å²) in [5.41, 5.74) is 6.19. The van der Waals surface area contributed by atoms with E-state index in [-0.39, 0.29) is 23.5 Å². The number of hydrogen-bond acceptors (Lipinski definition) is 3. The number of nitrogens with zero attached hydrogens (tertiary/aromatic N) is 1. The van der Waals surface area contributed by atoms with Crippen LogP contribution >= 0.6 is 0 Å². The van der Waals surface area contributed by atoms with Crippen molar-refractivity contribution >= 4 is 11.9 Å². The van der Waals surface area contributed by atoms with Gasteiger partial charge < -0.3 is 21.3 Å². The Morgan fingerprint density at radius 1 is 1.00 bits per heavy atom. The summed E-state index contributed by atoms with van der Waals surface area (Å²) in [4.78, 5) is 26.9. The van der Waals surface area contributed by atoms with Gasteiger partial charge in [0, 0.05) is 37.6 Å². The van der Waals surface area contributed by atoms with E-state index >= 15 is 0 Å². The first-order valence-corrected chi connectivity index (χ1v) is 11.1. The number of likely N-dealkylation sites (tertiary alicyclic amines) is 1. The molecule has 0 aromatic heterocycles. The number of nitrogens with one attached hydrogen (secondary N) is 2. The normalized spacial score (nSPS) is 44.4. The van der Waals surface area contributed by atoms with E-state index in [2.05, 4.69) is 10.6 Å². The van der Waals surface area contributed by atoms with E-state index < -0.39 is 0 Å². The van der Waals surface area contributed by atoms with E-state index in [9.17, 15) is 9.59 Å². The topological polar surface area (TPSA) is 87.5 Å². The van der Waals surface area contributed by atoms with Gasteiger partial charge in [0.1, 0.15) is 0 Å². The molecule has 27 heavy (non-hydrogen) atoms. The molecule has 5 saturated carbocycles. The maximum Gasteiger partial charge on any atom is 0.315 e. The van der Waals surface area contributed by atoms with Gasteiger partial charge in [-0.05, 0) is 81.0 Å². The van der Waals surface area contributed by atoms with E-state index in [4.69, 9.17) is 5.73 Å². The second-order valence-electron chi connectivity index (χ2n) is 10.3. The predicted octanol–water partition coefficient (Wildman–Crippen LogP) is 1.84. The van der Waals surface area contributed by atoms with Crippen molar-refractivity contribution in [2.24, 2.45) is 35.3 Å². The lowest BCUT2D eigenvalue weighted by atomic mass is 9.53. The first-order chi connectivity index (χ1) is 13.0. The molecule has 1 heterocycles. The highest BCUT2D eigenvalue weighted by atomic mass is 16.2. The van der Waals surface area contributed by atoms with E-state index in [0.29, 0.717) is 24.8 Å². The summed E-state index contributed by atoms with van der Waals surface area (Å²) in [5, 5.41) is 6.26. The molecule has 4 bridgehead atoms. The van der Waals surface area contributed by atoms with Gasteiger partial charge in [0.25, 0.3) is 0 Å². The molecular weight excluding hydrogens is 340 g/mol. The molecule has 6 rings (SSSR count). The minimum atomic E-state index is -0.0786. The van der Waals surface area contributed by atoms with Gasteiger partial charge in [-0.25, -0.2) is 4.79 Å². The van der Waals surface area contributed by atoms with Crippen LogP contribution in [0.2, 0.25) is 0 Å². The SMILES string of the molecule is NC1CCC2CN(C(=O)CCNC(=O)NC34CC5CC(CC(C5)C3)C4)CC12. The molecule has 5 aliphatic carbocycles. The Morgan fingerprint density at radius 3 is 2.30 bits per heavy atom. The van der Waals surface area contributed by atoms with Gasteiger partial charge >= 0.3 is 6.03 Å². The molecule has 3 unspecified atom stereocenters. The molecule has 3 atom stereocenters. The Balaban J connectivity index is 1.07. The Labute approximate surface area is 162 Å². The van der Waals surface area contributed by atoms with Crippen molar-refractivity contribution in [2.45, 2.75) is 69.4 Å². The summed E-state index contributed by atoms with van der Waals surface area (Å²) in [6.45, 7) is 2.09. The zero-order valence-corrected chi connectivity index (χ0v) is 16.3. The van der Waals surface area contributed by atoms with Gasteiger partial charge in [-0.15, -0.1) is 0 Å². The van der Waals surface area contributed by atoms with Gasteiger partial charge in [-0.1, -0.05) is 0 Å². The van der Waals surface area contributed by atoms with Crippen molar-refractivity contribution in [3.8, 4) is 0 Å². The van der Waals surface area contributed by atoms with Crippen LogP contribution in [0.25, 0.3) is 0 Å². The fourth-order valence-electron chi connectivity index (χ4n) is 7.50. The van der Waals surface area contributed by atoms with Gasteiger partial charge in [0.15, 0.2) is 0 Å². The maximum atomic E-state index is 12.5. The van der Waals surface area contributed by atoms with Gasteiger partial charge in [-0.3, -0.25) is 4.79 Å². The molecule has 150 valence electrons. The molecule has 1 saturated heterocycles. The van der Waals surface area contributed by atoms with Crippen molar-refractivity contribution in [1.29, 1.82) is 0 Å². The van der Waals surface area contributed by atoms with E-state index in [1.165, 1.54) is 19.3 Å². The number of fused-ring (bicyclic) bond motifs is 1. The predicted molar refractivity (Wildman–Crippen MR) is 103 cm³/mol. The number of urea groups is 1. The Morgan fingerprint density at radius 2 is 1.67 bits per heavy atom. The quantitative estimate of drug-likeness (QED) is 0.702. The average Bonchev–Trinajstić information content (AvgIpc) is 3.15. The van der Waals surface area contributed by atoms with Crippen LogP contribution in [0.1, 0.15) is 57.8 Å². The first kappa shape index (κ1) is 17.8. The third-order valence-corrected chi connectivity index (χ3v) is 8.31. The van der Waals surface area contributed by atoms with Crippen molar-refractivity contribution in [2.75, 3.05) is 19.6 Å². The Bertz CT molecular complexity index is 586. The second kappa shape index (κ2) is 6.64. The van der Waals surface area contributed by atoms with Crippen molar-refractivity contribution < 1.29 is 9.59 Å². The monoisotopic (exact) mass is 374 g/mol. The van der Waals surface area contributed by atoms with E-state index in [1.807, 2.05) is 4.90 Å². The zero-order chi connectivity index (χ0) is 18.6. The summed E-state index contributed by atoms with van der Waals surface area (Å²) in [6.07, 6.45) is 10.2. The highest BCUT2D eigenvalue weighted by Gasteiger charge is 2.51. The Kier molecular flexibility index (Phi) is 4.37. The van der Waals surface area contributed by atoms with Crippen LogP contribution in [0, 0.1) is 29.6 Å². The zero-order valence-electron chi connectivity index (χ0n) is 16.3. The van der Waals surface area contributed by atoms with Crippen LogP contribution < -0.4 is 16.4 Å². The fourth-order valence-corrected chi connectivity index (χ4v) is 7.50. The molecule has 0 aromatic rings. The standard InChI is InChI=1S/C21H34N4O2/c22-18-2-1-16-11-25(12-17(16)18)19(26)3-4-23-20(27)24-21-8-13-5-14(9-21)7-15(6-13)10-21/h13-18H,1-12,22H2,(H2,23,24,27). The lowest BCUT2D eigenvalue weighted by molar-refractivity contribution is -0.130. The van der Waals surface area contributed by atoms with Crippen molar-refractivity contribution in [1.82, 2.24) is 15.5 Å². The van der Waals surface area contributed by atoms with Crippen molar-refractivity contribution in [3.05, 3.63) is 0 Å². The summed E-state index contributed by atoms with van der Waals surface area (Å²) < 4.78 is 0. The number of nitrogens with two attached hydrogens (primary N) is 1. The Hall–Kier alpha value is -1.30. The molecular formula is C21H34N4O2. The smallest absolute Gasteiger partial charge is 0.315 e. The van der Waals surface area contributed by atoms with Gasteiger partial charge in [0.2, 0.25) is 5.91 Å². The van der Waals surface area contributed by atoms with Crippen LogP contribution in [0.4, 0.5) is 4.79 Å². The van der Waals surface area contributed by atoms with Crippen LogP contribution in [0.5, 0.6) is 0 Å². The summed E-state index contributed by atoms with van der Waals surface area (Å²) in [6, 6.07) is 0.182. The lowest BCUT2D eigenvalue weighted by Crippen LogP contribution is -2.61. The number of hydrogen-bond donors (Lipinski definition) is 3. The van der Waals surface area contributed by atoms with Crippen LogP contribution in [-0.2, 0) is 4.79 Å². The second-order valence-corrected chi connectivity index (χ2v) is 10.3. The minimum Gasteiger partial charge on any atom is -0.342 e. The summed E-state index contributed by atoms with van der Waals surface area (Å²) >= 11 is 0. The molecule has 6 aliphatic rings. The average molecular weight is 375 g/mol. The third-order valence-electron chi connectivity index (χ3n) is 8.31. The van der Waals surface area contributed by atoms with E-state index in [1.54, 1.807) is 0 Å². The highest BCUT2D eigenvalue weighted by Crippen LogP contribution is 2.55. The van der Waals surface area contributed by atoms with Crippen LogP contribution in [0.3, 0.4) is 0 Å². The van der Waals surface area contributed by atoms with Gasteiger partial charge in [0.05, 0.1) is 0 Å². The largest absolute Gasteiger partial charge is 0.342 e. The van der Waals surface area contributed by atoms with Crippen molar-refractivity contribution in [3.63, 3.8) is 0 Å². The third kappa shape index (κ3) is 3.34. The van der Waals surface area contributed by atoms with Crippen LogP contribution in [-0.4, -0.2) is 48.1 Å². The molecule has 1 aliphatic heterocycles. The highest BCUT2D eigenvalue weighted by molar-refractivity contribution is 5.79. The molecule has 6 heteroatoms. The van der Waals surface area contributed by atoms with E-state index in [0.717, 1.165) is 62.9 Å². The minimum absolute atomic E-state index is 0.0331. The molecule has 3 amide bonds. The van der Waals surface area contributed by atoms with Crippen LogP contribution in [0.15, 0.2) is 0 Å². The molecule has 4 N–H and O–H groups in total. The lowest BCUT2D eigenvalue weighted by Gasteiger charge is -2.56. The number of carbonyl (C=O) groups excluding carboxylic acids is 2. The number of amides is 3. The number of carbonyl (C=O) groups is 2. The number of rotatable bonds is 4. The molecule has 6 nitrogen and oxygen atoms in total. The molecule has 0 spiro atoms. The maximum absolute atomic E-state index is 12.5. The summed E-state index contributed by atoms with van der Waals surface area (Å²) in [7, 11) is 0. The summed E-state index contributed by atoms with van der Waals surface area (Å²) in [5.74, 6) is 3.70. The molecule has 0 radical (unpaired) electrons. The molecule has 6 fully saturated rings. The molecule has 0 aromatic carbocycles.